The molecule has 3 nitrogen and oxygen atoms in total. The van der Waals surface area contributed by atoms with Crippen molar-refractivity contribution in [3.63, 3.8) is 0 Å². The van der Waals surface area contributed by atoms with E-state index in [-0.39, 0.29) is 0 Å². The van der Waals surface area contributed by atoms with Gasteiger partial charge < -0.3 is 13.9 Å². The van der Waals surface area contributed by atoms with Crippen LogP contribution in [0.15, 0.2) is 211 Å². The quantitative estimate of drug-likeness (QED) is 0.172. The molecule has 0 bridgehead atoms. The van der Waals surface area contributed by atoms with Crippen molar-refractivity contribution in [1.82, 2.24) is 4.57 Å². The molecule has 0 aliphatic heterocycles. The molecule has 0 atom stereocenters. The van der Waals surface area contributed by atoms with Crippen molar-refractivity contribution < 1.29 is 4.42 Å². The first-order valence-corrected chi connectivity index (χ1v) is 18.8. The van der Waals surface area contributed by atoms with Crippen LogP contribution in [0.5, 0.6) is 0 Å². The van der Waals surface area contributed by atoms with Gasteiger partial charge in [-0.3, -0.25) is 0 Å². The Bertz CT molecular complexity index is 3190. The first kappa shape index (κ1) is 31.2. The molecule has 0 saturated carbocycles. The molecular weight excluding hydrogens is 669 g/mol. The highest BCUT2D eigenvalue weighted by atomic mass is 16.3. The Labute approximate surface area is 318 Å². The van der Waals surface area contributed by atoms with Gasteiger partial charge in [-0.25, -0.2) is 0 Å². The van der Waals surface area contributed by atoms with Crippen molar-refractivity contribution in [2.75, 3.05) is 4.90 Å². The molecule has 0 saturated heterocycles. The van der Waals surface area contributed by atoms with Gasteiger partial charge in [-0.15, -0.1) is 0 Å². The van der Waals surface area contributed by atoms with Crippen LogP contribution in [0.2, 0.25) is 0 Å². The maximum absolute atomic E-state index is 6.39. The SMILES string of the molecule is c1ccc(-n2c3ccccc3c3cccc(-c4ccc(N(c5ccc(-c6ccc7ccccc7c6)cc5)c5ccc6c(c5)oc5ccccc56)cc4)c32)cc1. The number of hydrogen-bond acceptors (Lipinski definition) is 2. The van der Waals surface area contributed by atoms with Gasteiger partial charge >= 0.3 is 0 Å². The van der Waals surface area contributed by atoms with Crippen LogP contribution in [0, 0.1) is 0 Å². The van der Waals surface area contributed by atoms with E-state index in [2.05, 4.69) is 204 Å². The van der Waals surface area contributed by atoms with E-state index in [1.165, 1.54) is 49.3 Å². The molecule has 3 heteroatoms. The van der Waals surface area contributed by atoms with E-state index in [1.807, 2.05) is 12.1 Å². The monoisotopic (exact) mass is 702 g/mol. The lowest BCUT2D eigenvalue weighted by Crippen LogP contribution is -2.09. The van der Waals surface area contributed by atoms with Crippen molar-refractivity contribution >= 4 is 71.6 Å². The summed E-state index contributed by atoms with van der Waals surface area (Å²) < 4.78 is 8.79. The number of para-hydroxylation sites is 4. The standard InChI is InChI=1S/C52H34N2O/c1-2-13-40(14-3-1)54-49-19-8-6-15-45(49)48-18-10-17-44(52(48)54)37-25-29-42(30-26-37)53(43-31-32-47-46-16-7-9-20-50(46)55-51(47)34-43)41-27-23-36(24-28-41)39-22-21-35-11-4-5-12-38(35)33-39/h1-34H. The Hall–Kier alpha value is -7.36. The maximum Gasteiger partial charge on any atom is 0.137 e. The highest BCUT2D eigenvalue weighted by Crippen LogP contribution is 2.42. The molecule has 0 N–H and O–H groups in total. The summed E-state index contributed by atoms with van der Waals surface area (Å²) >= 11 is 0. The molecule has 0 radical (unpaired) electrons. The zero-order valence-electron chi connectivity index (χ0n) is 29.9. The van der Waals surface area contributed by atoms with Crippen molar-refractivity contribution in [3.05, 3.63) is 206 Å². The number of fused-ring (bicyclic) bond motifs is 7. The molecule has 258 valence electrons. The first-order chi connectivity index (χ1) is 27.3. The number of hydrogen-bond donors (Lipinski definition) is 0. The number of nitrogens with zero attached hydrogens (tertiary/aromatic N) is 2. The maximum atomic E-state index is 6.39. The van der Waals surface area contributed by atoms with E-state index in [0.29, 0.717) is 0 Å². The van der Waals surface area contributed by atoms with Gasteiger partial charge in [0.1, 0.15) is 11.2 Å². The second-order valence-electron chi connectivity index (χ2n) is 14.2. The third kappa shape index (κ3) is 5.20. The van der Waals surface area contributed by atoms with Crippen LogP contribution < -0.4 is 4.90 Å². The molecule has 0 spiro atoms. The van der Waals surface area contributed by atoms with Crippen molar-refractivity contribution in [3.8, 4) is 27.9 Å². The van der Waals surface area contributed by atoms with Gasteiger partial charge in [-0.05, 0) is 94.2 Å². The van der Waals surface area contributed by atoms with E-state index in [1.54, 1.807) is 0 Å². The Balaban J connectivity index is 1.04. The molecule has 2 heterocycles. The highest BCUT2D eigenvalue weighted by molar-refractivity contribution is 6.14. The van der Waals surface area contributed by atoms with Gasteiger partial charge in [0.25, 0.3) is 0 Å². The summed E-state index contributed by atoms with van der Waals surface area (Å²) in [6.07, 6.45) is 0. The van der Waals surface area contributed by atoms with Gasteiger partial charge in [-0.1, -0.05) is 133 Å². The fourth-order valence-corrected chi connectivity index (χ4v) is 8.36. The Morgan fingerprint density at radius 1 is 0.364 bits per heavy atom. The summed E-state index contributed by atoms with van der Waals surface area (Å²) in [4.78, 5) is 2.32. The van der Waals surface area contributed by atoms with Crippen molar-refractivity contribution in [2.24, 2.45) is 0 Å². The number of anilines is 3. The molecule has 0 aliphatic rings. The molecule has 9 aromatic carbocycles. The van der Waals surface area contributed by atoms with Crippen LogP contribution in [-0.2, 0) is 0 Å². The molecule has 0 fully saturated rings. The Morgan fingerprint density at radius 2 is 0.982 bits per heavy atom. The molecule has 55 heavy (non-hydrogen) atoms. The average Bonchev–Trinajstić information content (AvgIpc) is 3.80. The second-order valence-corrected chi connectivity index (χ2v) is 14.2. The van der Waals surface area contributed by atoms with E-state index in [4.69, 9.17) is 4.42 Å². The number of furan rings is 1. The zero-order chi connectivity index (χ0) is 36.3. The van der Waals surface area contributed by atoms with Crippen LogP contribution >= 0.6 is 0 Å². The Kier molecular flexibility index (Phi) is 7.17. The number of benzene rings is 9. The zero-order valence-corrected chi connectivity index (χ0v) is 29.9. The second kappa shape index (κ2) is 12.6. The lowest BCUT2D eigenvalue weighted by atomic mass is 10.00. The van der Waals surface area contributed by atoms with Crippen LogP contribution in [0.25, 0.3) is 82.5 Å². The summed E-state index contributed by atoms with van der Waals surface area (Å²) in [6.45, 7) is 0. The van der Waals surface area contributed by atoms with Gasteiger partial charge in [-0.2, -0.15) is 0 Å². The third-order valence-corrected chi connectivity index (χ3v) is 11.0. The van der Waals surface area contributed by atoms with E-state index >= 15 is 0 Å². The van der Waals surface area contributed by atoms with Crippen LogP contribution in [0.1, 0.15) is 0 Å². The van der Waals surface area contributed by atoms with Crippen LogP contribution in [0.3, 0.4) is 0 Å². The van der Waals surface area contributed by atoms with E-state index in [0.717, 1.165) is 50.3 Å². The topological polar surface area (TPSA) is 21.3 Å². The molecule has 0 unspecified atom stereocenters. The predicted octanol–water partition coefficient (Wildman–Crippen LogP) is 14.6. The number of rotatable bonds is 6. The van der Waals surface area contributed by atoms with Crippen LogP contribution in [0.4, 0.5) is 17.1 Å². The molecular formula is C52H34N2O. The minimum atomic E-state index is 0.869. The molecule has 0 aliphatic carbocycles. The van der Waals surface area contributed by atoms with Gasteiger partial charge in [0.05, 0.1) is 11.0 Å². The van der Waals surface area contributed by atoms with Gasteiger partial charge in [0, 0.05) is 55.9 Å². The van der Waals surface area contributed by atoms with Gasteiger partial charge in [0.2, 0.25) is 0 Å². The summed E-state index contributed by atoms with van der Waals surface area (Å²) in [7, 11) is 0. The first-order valence-electron chi connectivity index (χ1n) is 18.8. The summed E-state index contributed by atoms with van der Waals surface area (Å²) in [5.41, 5.74) is 13.2. The van der Waals surface area contributed by atoms with Gasteiger partial charge in [0.15, 0.2) is 0 Å². The normalized spacial score (nSPS) is 11.6. The molecule has 11 rings (SSSR count). The highest BCUT2D eigenvalue weighted by Gasteiger charge is 2.19. The third-order valence-electron chi connectivity index (χ3n) is 11.0. The van der Waals surface area contributed by atoms with Crippen molar-refractivity contribution in [2.45, 2.75) is 0 Å². The molecule has 2 aromatic heterocycles. The van der Waals surface area contributed by atoms with Crippen LogP contribution in [-0.4, -0.2) is 4.57 Å². The molecule has 11 aromatic rings. The number of aromatic nitrogens is 1. The lowest BCUT2D eigenvalue weighted by Gasteiger charge is -2.26. The minimum absolute atomic E-state index is 0.869. The van der Waals surface area contributed by atoms with E-state index < -0.39 is 0 Å². The van der Waals surface area contributed by atoms with Crippen molar-refractivity contribution in [1.29, 1.82) is 0 Å². The summed E-state index contributed by atoms with van der Waals surface area (Å²) in [5, 5.41) is 7.22. The summed E-state index contributed by atoms with van der Waals surface area (Å²) in [5.74, 6) is 0. The smallest absolute Gasteiger partial charge is 0.137 e. The fraction of sp³-hybridized carbons (Fsp3) is 0. The lowest BCUT2D eigenvalue weighted by molar-refractivity contribution is 0.669. The largest absolute Gasteiger partial charge is 0.456 e. The van der Waals surface area contributed by atoms with E-state index in [9.17, 15) is 0 Å². The predicted molar refractivity (Wildman–Crippen MR) is 231 cm³/mol. The molecule has 0 amide bonds. The average molecular weight is 703 g/mol. The summed E-state index contributed by atoms with van der Waals surface area (Å²) in [6, 6.07) is 73.9. The minimum Gasteiger partial charge on any atom is -0.456 e. The fourth-order valence-electron chi connectivity index (χ4n) is 8.36. The Morgan fingerprint density at radius 3 is 1.80 bits per heavy atom.